The normalized spacial score (nSPS) is 12.8. The van der Waals surface area contributed by atoms with Crippen molar-refractivity contribution in [1.82, 2.24) is 9.13 Å². The van der Waals surface area contributed by atoms with Crippen LogP contribution in [0.25, 0.3) is 105 Å². The summed E-state index contributed by atoms with van der Waals surface area (Å²) >= 11 is 0. The highest BCUT2D eigenvalue weighted by Crippen LogP contribution is 2.45. The minimum absolute atomic E-state index is 0.521. The molecule has 4 heterocycles. The van der Waals surface area contributed by atoms with Gasteiger partial charge < -0.3 is 18.0 Å². The highest BCUT2D eigenvalue weighted by Gasteiger charge is 2.27. The molecule has 0 N–H and O–H groups in total. The Bertz CT molecular complexity index is 3630. The van der Waals surface area contributed by atoms with Gasteiger partial charge in [0.2, 0.25) is 0 Å². The fraction of sp³-hybridized carbons (Fsp3) is 0.0400. The molecule has 0 aliphatic heterocycles. The Morgan fingerprint density at radius 1 is 0.554 bits per heavy atom. The van der Waals surface area contributed by atoms with Crippen molar-refractivity contribution in [2.45, 2.75) is 12.8 Å². The highest BCUT2D eigenvalue weighted by atomic mass is 16.3. The molecule has 11 aromatic rings. The summed E-state index contributed by atoms with van der Waals surface area (Å²) in [5.41, 5.74) is 13.0. The molecule has 0 atom stereocenters. The SMILES string of the molecule is N#Cc1cc(-c2cccc(C#N)c2-n2c3c(c4c5oc6ccccc6c5ccc42)C=CCC3)cc(-n2c3ccccc3c3c4oc5ccccc5c4ccc32)c1. The molecule has 56 heavy (non-hydrogen) atoms. The summed E-state index contributed by atoms with van der Waals surface area (Å²) < 4.78 is 17.7. The molecule has 7 aromatic carbocycles. The maximum absolute atomic E-state index is 10.8. The molecular weight excluding hydrogens is 689 g/mol. The lowest BCUT2D eigenvalue weighted by atomic mass is 9.97. The smallest absolute Gasteiger partial charge is 0.145 e. The first-order valence-electron chi connectivity index (χ1n) is 18.8. The zero-order chi connectivity index (χ0) is 37.1. The van der Waals surface area contributed by atoms with E-state index in [1.807, 2.05) is 66.7 Å². The molecule has 0 saturated heterocycles. The van der Waals surface area contributed by atoms with Crippen LogP contribution in [-0.2, 0) is 6.42 Å². The Balaban J connectivity index is 1.15. The van der Waals surface area contributed by atoms with Gasteiger partial charge in [0.05, 0.1) is 50.2 Å². The van der Waals surface area contributed by atoms with E-state index in [2.05, 4.69) is 100 Å². The van der Waals surface area contributed by atoms with Gasteiger partial charge in [-0.3, -0.25) is 0 Å². The first kappa shape index (κ1) is 30.6. The van der Waals surface area contributed by atoms with Crippen LogP contribution in [0.2, 0.25) is 0 Å². The molecule has 260 valence electrons. The summed E-state index contributed by atoms with van der Waals surface area (Å²) in [6, 6.07) is 50.2. The van der Waals surface area contributed by atoms with E-state index in [1.54, 1.807) is 0 Å². The van der Waals surface area contributed by atoms with Crippen molar-refractivity contribution >= 4 is 82.7 Å². The van der Waals surface area contributed by atoms with E-state index >= 15 is 0 Å². The molecule has 6 nitrogen and oxygen atoms in total. The van der Waals surface area contributed by atoms with Gasteiger partial charge in [-0.1, -0.05) is 78.9 Å². The first-order chi connectivity index (χ1) is 27.7. The molecule has 12 rings (SSSR count). The third-order valence-electron chi connectivity index (χ3n) is 11.6. The maximum atomic E-state index is 10.8. The topological polar surface area (TPSA) is 83.7 Å². The van der Waals surface area contributed by atoms with Crippen LogP contribution >= 0.6 is 0 Å². The summed E-state index contributed by atoms with van der Waals surface area (Å²) in [5.74, 6) is 0. The van der Waals surface area contributed by atoms with E-state index in [0.717, 1.165) is 123 Å². The second-order valence-electron chi connectivity index (χ2n) is 14.6. The van der Waals surface area contributed by atoms with Crippen LogP contribution < -0.4 is 0 Å². The average molecular weight is 717 g/mol. The van der Waals surface area contributed by atoms with Crippen LogP contribution in [0.3, 0.4) is 0 Å². The third-order valence-corrected chi connectivity index (χ3v) is 11.6. The van der Waals surface area contributed by atoms with Crippen molar-refractivity contribution in [3.05, 3.63) is 162 Å². The number of fused-ring (bicyclic) bond motifs is 14. The lowest BCUT2D eigenvalue weighted by Crippen LogP contribution is -2.07. The summed E-state index contributed by atoms with van der Waals surface area (Å²) in [4.78, 5) is 0. The van der Waals surface area contributed by atoms with Crippen molar-refractivity contribution in [3.63, 3.8) is 0 Å². The Morgan fingerprint density at radius 2 is 1.23 bits per heavy atom. The van der Waals surface area contributed by atoms with E-state index in [-0.39, 0.29) is 0 Å². The van der Waals surface area contributed by atoms with Gasteiger partial charge in [-0.2, -0.15) is 10.5 Å². The van der Waals surface area contributed by atoms with Gasteiger partial charge in [0.25, 0.3) is 0 Å². The molecule has 1 aliphatic rings. The summed E-state index contributed by atoms with van der Waals surface area (Å²) in [5, 5.41) is 28.7. The predicted octanol–water partition coefficient (Wildman–Crippen LogP) is 12.9. The minimum Gasteiger partial charge on any atom is -0.455 e. The number of furan rings is 2. The molecule has 0 saturated carbocycles. The summed E-state index contributed by atoms with van der Waals surface area (Å²) in [6.45, 7) is 0. The van der Waals surface area contributed by atoms with Crippen molar-refractivity contribution in [2.75, 3.05) is 0 Å². The van der Waals surface area contributed by atoms with Crippen molar-refractivity contribution < 1.29 is 8.83 Å². The van der Waals surface area contributed by atoms with Crippen LogP contribution in [-0.4, -0.2) is 9.13 Å². The largest absolute Gasteiger partial charge is 0.455 e. The number of nitriles is 2. The molecule has 0 radical (unpaired) electrons. The quantitative estimate of drug-likeness (QED) is 0.182. The molecule has 6 heteroatoms. The molecule has 0 bridgehead atoms. The fourth-order valence-electron chi connectivity index (χ4n) is 9.32. The summed E-state index contributed by atoms with van der Waals surface area (Å²) in [7, 11) is 0. The van der Waals surface area contributed by atoms with Crippen molar-refractivity contribution in [1.29, 1.82) is 10.5 Å². The van der Waals surface area contributed by atoms with Gasteiger partial charge in [0.15, 0.2) is 0 Å². The van der Waals surface area contributed by atoms with E-state index in [9.17, 15) is 10.5 Å². The molecule has 0 amide bonds. The fourth-order valence-corrected chi connectivity index (χ4v) is 9.32. The lowest BCUT2D eigenvalue weighted by molar-refractivity contribution is 0.672. The Kier molecular flexibility index (Phi) is 6.21. The molecule has 0 unspecified atom stereocenters. The average Bonchev–Trinajstić information content (AvgIpc) is 4.00. The van der Waals surface area contributed by atoms with Gasteiger partial charge in [0.1, 0.15) is 28.4 Å². The van der Waals surface area contributed by atoms with E-state index in [0.29, 0.717) is 11.1 Å². The first-order valence-corrected chi connectivity index (χ1v) is 18.8. The molecule has 1 aliphatic carbocycles. The van der Waals surface area contributed by atoms with Gasteiger partial charge >= 0.3 is 0 Å². The van der Waals surface area contributed by atoms with Crippen molar-refractivity contribution in [2.24, 2.45) is 0 Å². The molecular formula is C50H28N4O2. The lowest BCUT2D eigenvalue weighted by Gasteiger charge is -2.19. The Hall–Kier alpha value is -7.80. The minimum atomic E-state index is 0.521. The number of hydrogen-bond donors (Lipinski definition) is 0. The number of allylic oxidation sites excluding steroid dienone is 1. The van der Waals surface area contributed by atoms with Gasteiger partial charge in [-0.25, -0.2) is 0 Å². The standard InChI is InChI=1S/C50H28N4O2/c51-27-29-24-31(26-32(25-29)53-40-16-5-1-13-38(40)46-42(53)22-20-36-34-11-3-7-18-44(34)55-49(36)46)33-15-9-10-30(28-52)48(33)54-41-17-6-2-14-39(41)47-43(54)23-21-37-35-12-4-8-19-45(35)56-50(37)47/h1-5,7-16,18-26H,6,17H2. The van der Waals surface area contributed by atoms with E-state index in [1.165, 1.54) is 0 Å². The number of rotatable bonds is 3. The predicted molar refractivity (Wildman–Crippen MR) is 224 cm³/mol. The summed E-state index contributed by atoms with van der Waals surface area (Å²) in [6.07, 6.45) is 6.12. The van der Waals surface area contributed by atoms with Crippen molar-refractivity contribution in [3.8, 4) is 34.6 Å². The van der Waals surface area contributed by atoms with E-state index < -0.39 is 0 Å². The number of benzene rings is 7. The monoisotopic (exact) mass is 716 g/mol. The number of hydrogen-bond acceptors (Lipinski definition) is 4. The number of nitrogens with zero attached hydrogens (tertiary/aromatic N) is 4. The van der Waals surface area contributed by atoms with Crippen LogP contribution in [0.5, 0.6) is 0 Å². The van der Waals surface area contributed by atoms with Gasteiger partial charge in [-0.15, -0.1) is 0 Å². The second kappa shape index (κ2) is 11.4. The van der Waals surface area contributed by atoms with Crippen LogP contribution in [0, 0.1) is 22.7 Å². The maximum Gasteiger partial charge on any atom is 0.145 e. The van der Waals surface area contributed by atoms with Crippen LogP contribution in [0.4, 0.5) is 0 Å². The third kappa shape index (κ3) is 4.07. The highest BCUT2D eigenvalue weighted by molar-refractivity contribution is 6.24. The van der Waals surface area contributed by atoms with Gasteiger partial charge in [-0.05, 0) is 85.1 Å². The zero-order valence-electron chi connectivity index (χ0n) is 29.9. The van der Waals surface area contributed by atoms with E-state index in [4.69, 9.17) is 8.83 Å². The molecule has 0 fully saturated rings. The zero-order valence-corrected chi connectivity index (χ0v) is 29.9. The second-order valence-corrected chi connectivity index (χ2v) is 14.6. The number of para-hydroxylation sites is 4. The molecule has 0 spiro atoms. The Morgan fingerprint density at radius 3 is 1.96 bits per heavy atom. The van der Waals surface area contributed by atoms with Gasteiger partial charge in [0, 0.05) is 49.4 Å². The van der Waals surface area contributed by atoms with Crippen LogP contribution in [0.15, 0.2) is 148 Å². The Labute approximate surface area is 319 Å². The molecule has 4 aromatic heterocycles. The number of aromatic nitrogens is 2. The van der Waals surface area contributed by atoms with Crippen LogP contribution in [0.1, 0.15) is 28.8 Å².